The summed E-state index contributed by atoms with van der Waals surface area (Å²) >= 11 is 0. The number of nitrogens with zero attached hydrogens (tertiary/aromatic N) is 4. The van der Waals surface area contributed by atoms with Gasteiger partial charge in [-0.1, -0.05) is 50.3 Å². The number of para-hydroxylation sites is 1. The molecule has 3 atom stereocenters. The third-order valence-corrected chi connectivity index (χ3v) is 8.12. The smallest absolute Gasteiger partial charge is 0.176 e. The minimum atomic E-state index is -0.753. The summed E-state index contributed by atoms with van der Waals surface area (Å²) in [5.41, 5.74) is 3.13. The molecule has 188 valence electrons. The molecule has 2 aromatic carbocycles. The third-order valence-electron chi connectivity index (χ3n) is 8.12. The van der Waals surface area contributed by atoms with Gasteiger partial charge in [0, 0.05) is 33.4 Å². The molecular weight excluding hydrogens is 482 g/mol. The minimum absolute atomic E-state index is 0.0774. The van der Waals surface area contributed by atoms with Gasteiger partial charge in [-0.05, 0) is 43.0 Å². The van der Waals surface area contributed by atoms with Gasteiger partial charge in [0.2, 0.25) is 0 Å². The van der Waals surface area contributed by atoms with E-state index in [4.69, 9.17) is 9.97 Å². The molecule has 5 nitrogen and oxygen atoms in total. The maximum absolute atomic E-state index is 15.2. The number of benzene rings is 2. The van der Waals surface area contributed by atoms with Crippen molar-refractivity contribution in [3.63, 3.8) is 0 Å². The van der Waals surface area contributed by atoms with Crippen molar-refractivity contribution in [2.45, 2.75) is 38.8 Å². The Morgan fingerprint density at radius 1 is 1.08 bits per heavy atom. The van der Waals surface area contributed by atoms with Gasteiger partial charge in [-0.15, -0.1) is 0 Å². The summed E-state index contributed by atoms with van der Waals surface area (Å²) in [7, 11) is 0. The number of pyridine rings is 1. The van der Waals surface area contributed by atoms with E-state index in [1.165, 1.54) is 6.07 Å². The molecule has 2 aliphatic rings. The molecule has 0 bridgehead atoms. The van der Waals surface area contributed by atoms with Crippen molar-refractivity contribution in [3.05, 3.63) is 89.0 Å². The standard InChI is InChI=1S/C31H24F2N4O/c1-17-24-12-11-22-27(21-8-3-5-9-25(21)33)36-30(37-29(22)31(24,2)14-18(16-34)28(17)38)23-13-19(15-32)35-26-10-6-4-7-20(23)26/h3-10,13-14,17,24H,11-12,15H2,1-2H3/t17-,24-,31-/m1/s1. The van der Waals surface area contributed by atoms with Crippen molar-refractivity contribution < 1.29 is 13.6 Å². The largest absolute Gasteiger partial charge is 0.293 e. The average molecular weight is 507 g/mol. The fourth-order valence-electron chi connectivity index (χ4n) is 6.25. The lowest BCUT2D eigenvalue weighted by Crippen LogP contribution is -2.46. The number of carbonyl (C=O) groups excluding carboxylic acids is 1. The highest BCUT2D eigenvalue weighted by Crippen LogP contribution is 2.51. The lowest BCUT2D eigenvalue weighted by Gasteiger charge is -2.45. The molecule has 38 heavy (non-hydrogen) atoms. The quantitative estimate of drug-likeness (QED) is 0.319. The summed E-state index contributed by atoms with van der Waals surface area (Å²) in [6.45, 7) is 3.11. The molecule has 0 saturated heterocycles. The Hall–Kier alpha value is -4.31. The van der Waals surface area contributed by atoms with Crippen LogP contribution in [0.25, 0.3) is 33.5 Å². The summed E-state index contributed by atoms with van der Waals surface area (Å²) in [6, 6.07) is 17.6. The van der Waals surface area contributed by atoms with Crippen LogP contribution in [-0.4, -0.2) is 20.7 Å². The number of aromatic nitrogens is 3. The number of ketones is 1. The molecule has 0 saturated carbocycles. The van der Waals surface area contributed by atoms with Crippen LogP contribution < -0.4 is 0 Å². The molecular formula is C31H24F2N4O. The number of hydrogen-bond acceptors (Lipinski definition) is 5. The Balaban J connectivity index is 1.71. The fraction of sp³-hybridized carbons (Fsp3) is 0.258. The Kier molecular flexibility index (Phi) is 5.64. The highest BCUT2D eigenvalue weighted by molar-refractivity contribution is 6.02. The van der Waals surface area contributed by atoms with Gasteiger partial charge in [-0.2, -0.15) is 5.26 Å². The molecule has 0 aliphatic heterocycles. The Labute approximate surface area is 218 Å². The van der Waals surface area contributed by atoms with Crippen LogP contribution in [0.2, 0.25) is 0 Å². The molecule has 0 fully saturated rings. The number of fused-ring (bicyclic) bond motifs is 4. The first-order valence-corrected chi connectivity index (χ1v) is 12.6. The van der Waals surface area contributed by atoms with E-state index < -0.39 is 17.9 Å². The number of rotatable bonds is 3. The minimum Gasteiger partial charge on any atom is -0.293 e. The molecule has 0 amide bonds. The fourth-order valence-corrected chi connectivity index (χ4v) is 6.25. The van der Waals surface area contributed by atoms with Crippen LogP contribution in [0.5, 0.6) is 0 Å². The van der Waals surface area contributed by atoms with E-state index in [9.17, 15) is 14.4 Å². The second kappa shape index (κ2) is 8.91. The van der Waals surface area contributed by atoms with E-state index in [2.05, 4.69) is 11.1 Å². The predicted octanol–water partition coefficient (Wildman–Crippen LogP) is 6.46. The van der Waals surface area contributed by atoms with Gasteiger partial charge in [0.15, 0.2) is 11.6 Å². The number of hydrogen-bond donors (Lipinski definition) is 0. The topological polar surface area (TPSA) is 79.5 Å². The summed E-state index contributed by atoms with van der Waals surface area (Å²) in [4.78, 5) is 27.3. The van der Waals surface area contributed by atoms with E-state index in [1.54, 1.807) is 30.3 Å². The van der Waals surface area contributed by atoms with Gasteiger partial charge in [-0.25, -0.2) is 23.7 Å². The number of halogens is 2. The van der Waals surface area contributed by atoms with Crippen molar-refractivity contribution in [1.82, 2.24) is 15.0 Å². The van der Waals surface area contributed by atoms with Crippen LogP contribution in [0.4, 0.5) is 8.78 Å². The van der Waals surface area contributed by atoms with Gasteiger partial charge >= 0.3 is 0 Å². The van der Waals surface area contributed by atoms with Crippen LogP contribution in [0.15, 0.2) is 66.2 Å². The van der Waals surface area contributed by atoms with Crippen molar-refractivity contribution >= 4 is 16.7 Å². The highest BCUT2D eigenvalue weighted by atomic mass is 19.1. The second-order valence-electron chi connectivity index (χ2n) is 10.3. The Morgan fingerprint density at radius 3 is 2.61 bits per heavy atom. The van der Waals surface area contributed by atoms with Crippen molar-refractivity contribution in [1.29, 1.82) is 5.26 Å². The summed E-state index contributed by atoms with van der Waals surface area (Å²) < 4.78 is 29.0. The zero-order chi connectivity index (χ0) is 26.6. The van der Waals surface area contributed by atoms with Gasteiger partial charge in [0.25, 0.3) is 0 Å². The van der Waals surface area contributed by atoms with E-state index in [0.717, 1.165) is 10.9 Å². The van der Waals surface area contributed by atoms with Crippen molar-refractivity contribution in [3.8, 4) is 28.7 Å². The molecule has 0 N–H and O–H groups in total. The first-order valence-electron chi connectivity index (χ1n) is 12.6. The molecule has 2 aromatic heterocycles. The van der Waals surface area contributed by atoms with Crippen LogP contribution in [-0.2, 0) is 23.3 Å². The molecule has 2 heterocycles. The molecule has 0 radical (unpaired) electrons. The Morgan fingerprint density at radius 2 is 1.84 bits per heavy atom. The predicted molar refractivity (Wildman–Crippen MR) is 140 cm³/mol. The van der Waals surface area contributed by atoms with E-state index in [0.29, 0.717) is 46.7 Å². The molecule has 0 unspecified atom stereocenters. The SMILES string of the molecule is C[C@H]1C(=O)C(C#N)=C[C@@]2(C)c3nc(-c4cc(CF)nc5ccccc45)nc(-c4ccccc4F)c3CC[C@H]12. The zero-order valence-electron chi connectivity index (χ0n) is 21.0. The normalized spacial score (nSPS) is 22.4. The number of nitriles is 1. The number of carbonyl (C=O) groups is 1. The van der Waals surface area contributed by atoms with E-state index >= 15 is 4.39 Å². The number of Topliss-reactive ketones (excluding diaryl/α,β-unsaturated/α-hetero) is 1. The van der Waals surface area contributed by atoms with E-state index in [1.807, 2.05) is 38.1 Å². The van der Waals surface area contributed by atoms with Crippen molar-refractivity contribution in [2.24, 2.45) is 11.8 Å². The molecule has 4 aromatic rings. The Bertz CT molecular complexity index is 1710. The van der Waals surface area contributed by atoms with Gasteiger partial charge in [-0.3, -0.25) is 4.79 Å². The zero-order valence-corrected chi connectivity index (χ0v) is 21.0. The van der Waals surface area contributed by atoms with Crippen LogP contribution >= 0.6 is 0 Å². The van der Waals surface area contributed by atoms with Crippen LogP contribution in [0.3, 0.4) is 0 Å². The molecule has 6 rings (SSSR count). The maximum Gasteiger partial charge on any atom is 0.176 e. The molecule has 2 aliphatic carbocycles. The maximum atomic E-state index is 15.2. The molecule has 7 heteroatoms. The van der Waals surface area contributed by atoms with Gasteiger partial charge in [0.1, 0.15) is 18.6 Å². The van der Waals surface area contributed by atoms with E-state index in [-0.39, 0.29) is 28.9 Å². The van der Waals surface area contributed by atoms with Gasteiger partial charge < -0.3 is 0 Å². The van der Waals surface area contributed by atoms with Crippen LogP contribution in [0.1, 0.15) is 37.2 Å². The molecule has 0 spiro atoms. The highest BCUT2D eigenvalue weighted by Gasteiger charge is 2.49. The first kappa shape index (κ1) is 24.1. The summed E-state index contributed by atoms with van der Waals surface area (Å²) in [5, 5.41) is 10.5. The first-order chi connectivity index (χ1) is 18.4. The lowest BCUT2D eigenvalue weighted by molar-refractivity contribution is -0.121. The average Bonchev–Trinajstić information content (AvgIpc) is 2.94. The second-order valence-corrected chi connectivity index (χ2v) is 10.3. The lowest BCUT2D eigenvalue weighted by atomic mass is 9.57. The van der Waals surface area contributed by atoms with Crippen molar-refractivity contribution in [2.75, 3.05) is 0 Å². The summed E-state index contributed by atoms with van der Waals surface area (Å²) in [6.07, 6.45) is 2.98. The number of allylic oxidation sites excluding steroid dienone is 2. The third kappa shape index (κ3) is 3.55. The number of alkyl halides is 1. The van der Waals surface area contributed by atoms with Gasteiger partial charge in [0.05, 0.1) is 28.2 Å². The monoisotopic (exact) mass is 506 g/mol. The van der Waals surface area contributed by atoms with Crippen LogP contribution in [0, 0.1) is 29.0 Å². The summed E-state index contributed by atoms with van der Waals surface area (Å²) in [5.74, 6) is -0.672.